The van der Waals surface area contributed by atoms with Gasteiger partial charge in [-0.25, -0.2) is 4.79 Å². The van der Waals surface area contributed by atoms with E-state index < -0.39 is 5.97 Å². The van der Waals surface area contributed by atoms with Gasteiger partial charge in [-0.2, -0.15) is 0 Å². The van der Waals surface area contributed by atoms with Crippen LogP contribution < -0.4 is 10.6 Å². The van der Waals surface area contributed by atoms with E-state index in [0.29, 0.717) is 5.69 Å². The van der Waals surface area contributed by atoms with Gasteiger partial charge in [-0.15, -0.1) is 0 Å². The maximum atomic E-state index is 11.2. The first-order chi connectivity index (χ1) is 8.52. The number of benzene rings is 1. The smallest absolute Gasteiger partial charge is 0.337 e. The number of nitrogens with two attached hydrogens (primary N) is 1. The van der Waals surface area contributed by atoms with Crippen molar-refractivity contribution < 1.29 is 9.90 Å². The summed E-state index contributed by atoms with van der Waals surface area (Å²) in [5.74, 6) is -0.236. The molecule has 2 rings (SSSR count). The Kier molecular flexibility index (Phi) is 3.45. The van der Waals surface area contributed by atoms with Crippen molar-refractivity contribution in [1.82, 2.24) is 0 Å². The molecule has 1 atom stereocenters. The predicted octanol–water partition coefficient (Wildman–Crippen LogP) is 2.51. The molecule has 0 radical (unpaired) electrons. The molecule has 0 aromatic heterocycles. The molecule has 0 spiro atoms. The molecule has 0 saturated carbocycles. The van der Waals surface area contributed by atoms with Gasteiger partial charge in [0.05, 0.1) is 5.56 Å². The summed E-state index contributed by atoms with van der Waals surface area (Å²) in [4.78, 5) is 13.4. The van der Waals surface area contributed by atoms with E-state index in [9.17, 15) is 4.79 Å². The standard InChI is InChI=1S/C14H20N2O2/c1-3-10-4-5-16(8-10)11-6-9(2)13(15)12(7-11)14(17)18/h6-7,10H,3-5,8,15H2,1-2H3,(H,17,18). The van der Waals surface area contributed by atoms with Crippen LogP contribution in [0.25, 0.3) is 0 Å². The average molecular weight is 248 g/mol. The summed E-state index contributed by atoms with van der Waals surface area (Å²) in [6, 6.07) is 3.68. The van der Waals surface area contributed by atoms with Crippen LogP contribution in [0.5, 0.6) is 0 Å². The van der Waals surface area contributed by atoms with Crippen LogP contribution in [-0.2, 0) is 0 Å². The van der Waals surface area contributed by atoms with Gasteiger partial charge in [0, 0.05) is 24.5 Å². The van der Waals surface area contributed by atoms with Crippen LogP contribution in [-0.4, -0.2) is 24.2 Å². The lowest BCUT2D eigenvalue weighted by Crippen LogP contribution is -2.20. The first kappa shape index (κ1) is 12.7. The number of hydrogen-bond acceptors (Lipinski definition) is 3. The minimum atomic E-state index is -0.955. The third-order valence-electron chi connectivity index (χ3n) is 3.83. The van der Waals surface area contributed by atoms with Crippen molar-refractivity contribution in [2.75, 3.05) is 23.7 Å². The zero-order valence-electron chi connectivity index (χ0n) is 10.9. The average Bonchev–Trinajstić information content (AvgIpc) is 2.80. The van der Waals surface area contributed by atoms with E-state index in [1.54, 1.807) is 6.07 Å². The highest BCUT2D eigenvalue weighted by atomic mass is 16.4. The Morgan fingerprint density at radius 1 is 1.56 bits per heavy atom. The summed E-state index contributed by atoms with van der Waals surface area (Å²) in [6.45, 7) is 6.07. The summed E-state index contributed by atoms with van der Waals surface area (Å²) in [6.07, 6.45) is 2.36. The highest BCUT2D eigenvalue weighted by Crippen LogP contribution is 2.30. The lowest BCUT2D eigenvalue weighted by Gasteiger charge is -2.20. The first-order valence-corrected chi connectivity index (χ1v) is 6.41. The molecule has 0 amide bonds. The quantitative estimate of drug-likeness (QED) is 0.807. The van der Waals surface area contributed by atoms with Crippen LogP contribution in [0.15, 0.2) is 12.1 Å². The largest absolute Gasteiger partial charge is 0.478 e. The normalized spacial score (nSPS) is 19.2. The number of carbonyl (C=O) groups is 1. The Bertz CT molecular complexity index is 471. The highest BCUT2D eigenvalue weighted by molar-refractivity contribution is 5.95. The van der Waals surface area contributed by atoms with Crippen LogP contribution in [0.3, 0.4) is 0 Å². The SMILES string of the molecule is CCC1CCN(c2cc(C)c(N)c(C(=O)O)c2)C1. The van der Waals surface area contributed by atoms with Crippen molar-refractivity contribution in [2.45, 2.75) is 26.7 Å². The van der Waals surface area contributed by atoms with E-state index in [-0.39, 0.29) is 5.56 Å². The fraction of sp³-hybridized carbons (Fsp3) is 0.500. The van der Waals surface area contributed by atoms with E-state index in [4.69, 9.17) is 10.8 Å². The van der Waals surface area contributed by atoms with E-state index in [0.717, 1.165) is 30.3 Å². The molecular weight excluding hydrogens is 228 g/mol. The molecule has 0 bridgehead atoms. The van der Waals surface area contributed by atoms with Crippen LogP contribution in [0.1, 0.15) is 35.7 Å². The fourth-order valence-electron chi connectivity index (χ4n) is 2.54. The Hall–Kier alpha value is -1.71. The van der Waals surface area contributed by atoms with Gasteiger partial charge in [-0.3, -0.25) is 0 Å². The second-order valence-corrected chi connectivity index (χ2v) is 5.04. The molecule has 1 aromatic carbocycles. The third kappa shape index (κ3) is 2.28. The van der Waals surface area contributed by atoms with Crippen molar-refractivity contribution in [2.24, 2.45) is 5.92 Å². The number of nitrogens with zero attached hydrogens (tertiary/aromatic N) is 1. The van der Waals surface area contributed by atoms with Crippen LogP contribution in [0.4, 0.5) is 11.4 Å². The van der Waals surface area contributed by atoms with E-state index in [1.807, 2.05) is 13.0 Å². The number of aryl methyl sites for hydroxylation is 1. The molecule has 1 unspecified atom stereocenters. The summed E-state index contributed by atoms with van der Waals surface area (Å²) in [7, 11) is 0. The maximum Gasteiger partial charge on any atom is 0.337 e. The molecule has 98 valence electrons. The Morgan fingerprint density at radius 3 is 2.83 bits per heavy atom. The number of nitrogen functional groups attached to an aromatic ring is 1. The van der Waals surface area contributed by atoms with Gasteiger partial charge in [-0.1, -0.05) is 13.3 Å². The molecule has 1 fully saturated rings. The van der Waals surface area contributed by atoms with Gasteiger partial charge in [0.1, 0.15) is 0 Å². The van der Waals surface area contributed by atoms with Gasteiger partial charge in [0.15, 0.2) is 0 Å². The lowest BCUT2D eigenvalue weighted by atomic mass is 10.1. The van der Waals surface area contributed by atoms with Crippen molar-refractivity contribution in [1.29, 1.82) is 0 Å². The minimum Gasteiger partial charge on any atom is -0.478 e. The number of carboxylic acids is 1. The molecule has 4 nitrogen and oxygen atoms in total. The van der Waals surface area contributed by atoms with Crippen LogP contribution in [0, 0.1) is 12.8 Å². The number of aromatic carboxylic acids is 1. The molecule has 0 aliphatic carbocycles. The predicted molar refractivity (Wildman–Crippen MR) is 73.2 cm³/mol. The van der Waals surface area contributed by atoms with Crippen molar-refractivity contribution in [3.8, 4) is 0 Å². The number of carboxylic acid groups (broad SMARTS) is 1. The minimum absolute atomic E-state index is 0.213. The Morgan fingerprint density at radius 2 is 2.28 bits per heavy atom. The molecule has 1 heterocycles. The van der Waals surface area contributed by atoms with E-state index in [1.165, 1.54) is 12.8 Å². The van der Waals surface area contributed by atoms with Gasteiger partial charge < -0.3 is 15.7 Å². The summed E-state index contributed by atoms with van der Waals surface area (Å²) in [5, 5.41) is 9.16. The molecule has 4 heteroatoms. The first-order valence-electron chi connectivity index (χ1n) is 6.41. The molecule has 1 aromatic rings. The highest BCUT2D eigenvalue weighted by Gasteiger charge is 2.23. The second-order valence-electron chi connectivity index (χ2n) is 5.04. The molecule has 18 heavy (non-hydrogen) atoms. The monoisotopic (exact) mass is 248 g/mol. The molecule has 3 N–H and O–H groups in total. The van der Waals surface area contributed by atoms with E-state index in [2.05, 4.69) is 11.8 Å². The van der Waals surface area contributed by atoms with Gasteiger partial charge >= 0.3 is 5.97 Å². The summed E-state index contributed by atoms with van der Waals surface area (Å²) in [5.41, 5.74) is 8.21. The number of rotatable bonds is 3. The fourth-order valence-corrected chi connectivity index (χ4v) is 2.54. The zero-order valence-corrected chi connectivity index (χ0v) is 10.9. The topological polar surface area (TPSA) is 66.6 Å². The summed E-state index contributed by atoms with van der Waals surface area (Å²) < 4.78 is 0. The zero-order chi connectivity index (χ0) is 13.3. The molecule has 1 aliphatic heterocycles. The van der Waals surface area contributed by atoms with Gasteiger partial charge in [0.25, 0.3) is 0 Å². The van der Waals surface area contributed by atoms with Crippen LogP contribution >= 0.6 is 0 Å². The Balaban J connectivity index is 2.32. The van der Waals surface area contributed by atoms with Crippen molar-refractivity contribution in [3.05, 3.63) is 23.3 Å². The lowest BCUT2D eigenvalue weighted by molar-refractivity contribution is 0.0698. The van der Waals surface area contributed by atoms with E-state index >= 15 is 0 Å². The molecule has 1 aliphatic rings. The van der Waals surface area contributed by atoms with Gasteiger partial charge in [-0.05, 0) is 37.0 Å². The number of anilines is 2. The van der Waals surface area contributed by atoms with Crippen molar-refractivity contribution >= 4 is 17.3 Å². The van der Waals surface area contributed by atoms with Crippen molar-refractivity contribution in [3.63, 3.8) is 0 Å². The summed E-state index contributed by atoms with van der Waals surface area (Å²) >= 11 is 0. The molecule has 1 saturated heterocycles. The Labute approximate surface area is 107 Å². The van der Waals surface area contributed by atoms with Crippen LogP contribution in [0.2, 0.25) is 0 Å². The number of hydrogen-bond donors (Lipinski definition) is 2. The maximum absolute atomic E-state index is 11.2. The third-order valence-corrected chi connectivity index (χ3v) is 3.83. The van der Waals surface area contributed by atoms with Gasteiger partial charge in [0.2, 0.25) is 0 Å². The molecular formula is C14H20N2O2. The second kappa shape index (κ2) is 4.88.